The quantitative estimate of drug-likeness (QED) is 0.887. The Morgan fingerprint density at radius 1 is 1.22 bits per heavy atom. The van der Waals surface area contributed by atoms with Crippen molar-refractivity contribution in [2.45, 2.75) is 45.1 Å². The van der Waals surface area contributed by atoms with Crippen LogP contribution in [0.5, 0.6) is 5.75 Å². The second-order valence-corrected chi connectivity index (χ2v) is 4.77. The minimum absolute atomic E-state index is 0.0324. The molecule has 1 N–H and O–H groups in total. The van der Waals surface area contributed by atoms with Crippen molar-refractivity contribution in [3.05, 3.63) is 29.8 Å². The zero-order valence-electron chi connectivity index (χ0n) is 10.9. The summed E-state index contributed by atoms with van der Waals surface area (Å²) in [5.41, 5.74) is 0.712. The Hall–Kier alpha value is -1.51. The van der Waals surface area contributed by atoms with E-state index in [1.54, 1.807) is 0 Å². The normalized spacial score (nSPS) is 16.3. The summed E-state index contributed by atoms with van der Waals surface area (Å²) in [6, 6.07) is 7.70. The van der Waals surface area contributed by atoms with Gasteiger partial charge in [-0.15, -0.1) is 0 Å². The van der Waals surface area contributed by atoms with Crippen molar-refractivity contribution >= 4 is 5.91 Å². The Balaban J connectivity index is 1.91. The molecule has 0 radical (unpaired) electrons. The molecule has 1 aliphatic rings. The van der Waals surface area contributed by atoms with E-state index in [0.29, 0.717) is 18.2 Å². The van der Waals surface area contributed by atoms with Gasteiger partial charge in [0.05, 0.1) is 6.61 Å². The SMILES string of the molecule is CCOc1ccc(C(=O)NC2CCCCC2)cc1. The molecule has 0 atom stereocenters. The van der Waals surface area contributed by atoms with Crippen LogP contribution in [0.25, 0.3) is 0 Å². The monoisotopic (exact) mass is 247 g/mol. The van der Waals surface area contributed by atoms with E-state index in [0.717, 1.165) is 18.6 Å². The topological polar surface area (TPSA) is 38.3 Å². The molecule has 98 valence electrons. The molecular formula is C15H21NO2. The van der Waals surface area contributed by atoms with Crippen molar-refractivity contribution in [2.24, 2.45) is 0 Å². The summed E-state index contributed by atoms with van der Waals surface area (Å²) >= 11 is 0. The minimum Gasteiger partial charge on any atom is -0.494 e. The van der Waals surface area contributed by atoms with E-state index in [-0.39, 0.29) is 5.91 Å². The summed E-state index contributed by atoms with van der Waals surface area (Å²) in [5, 5.41) is 3.11. The molecule has 18 heavy (non-hydrogen) atoms. The number of nitrogens with one attached hydrogen (secondary N) is 1. The van der Waals surface area contributed by atoms with Gasteiger partial charge in [0.2, 0.25) is 0 Å². The number of benzene rings is 1. The molecule has 1 saturated carbocycles. The van der Waals surface area contributed by atoms with Crippen LogP contribution in [0.15, 0.2) is 24.3 Å². The smallest absolute Gasteiger partial charge is 0.251 e. The van der Waals surface area contributed by atoms with Gasteiger partial charge in [-0.1, -0.05) is 19.3 Å². The second-order valence-electron chi connectivity index (χ2n) is 4.77. The van der Waals surface area contributed by atoms with Gasteiger partial charge in [-0.25, -0.2) is 0 Å². The molecule has 0 spiro atoms. The Morgan fingerprint density at radius 3 is 2.50 bits per heavy atom. The first-order valence-electron chi connectivity index (χ1n) is 6.83. The Morgan fingerprint density at radius 2 is 1.89 bits per heavy atom. The first kappa shape index (κ1) is 12.9. The van der Waals surface area contributed by atoms with Crippen LogP contribution in [-0.4, -0.2) is 18.6 Å². The molecule has 1 aromatic carbocycles. The highest BCUT2D eigenvalue weighted by molar-refractivity contribution is 5.94. The van der Waals surface area contributed by atoms with Gasteiger partial charge in [0.25, 0.3) is 5.91 Å². The lowest BCUT2D eigenvalue weighted by atomic mass is 9.95. The highest BCUT2D eigenvalue weighted by atomic mass is 16.5. The molecule has 1 aliphatic carbocycles. The molecule has 0 aliphatic heterocycles. The third-order valence-corrected chi connectivity index (χ3v) is 3.37. The first-order valence-corrected chi connectivity index (χ1v) is 6.83. The molecule has 3 nitrogen and oxygen atoms in total. The van der Waals surface area contributed by atoms with E-state index in [1.807, 2.05) is 31.2 Å². The second kappa shape index (κ2) is 6.43. The number of hydrogen-bond donors (Lipinski definition) is 1. The van der Waals surface area contributed by atoms with E-state index in [4.69, 9.17) is 4.74 Å². The molecule has 1 fully saturated rings. The predicted octanol–water partition coefficient (Wildman–Crippen LogP) is 3.15. The molecule has 2 rings (SSSR count). The number of ether oxygens (including phenoxy) is 1. The van der Waals surface area contributed by atoms with Crippen LogP contribution in [0.4, 0.5) is 0 Å². The van der Waals surface area contributed by atoms with Gasteiger partial charge in [-0.05, 0) is 44.0 Å². The summed E-state index contributed by atoms with van der Waals surface area (Å²) in [5.74, 6) is 0.844. The third-order valence-electron chi connectivity index (χ3n) is 3.37. The van der Waals surface area contributed by atoms with Gasteiger partial charge in [0.1, 0.15) is 5.75 Å². The molecule has 3 heteroatoms. The van der Waals surface area contributed by atoms with Crippen LogP contribution in [0, 0.1) is 0 Å². The average Bonchev–Trinajstić information content (AvgIpc) is 2.41. The Kier molecular flexibility index (Phi) is 4.62. The van der Waals surface area contributed by atoms with Crippen molar-refractivity contribution in [3.8, 4) is 5.75 Å². The van der Waals surface area contributed by atoms with E-state index < -0.39 is 0 Å². The van der Waals surface area contributed by atoms with Crippen LogP contribution in [0.3, 0.4) is 0 Å². The maximum Gasteiger partial charge on any atom is 0.251 e. The van der Waals surface area contributed by atoms with Crippen LogP contribution in [-0.2, 0) is 0 Å². The van der Waals surface area contributed by atoms with Crippen molar-refractivity contribution in [2.75, 3.05) is 6.61 Å². The van der Waals surface area contributed by atoms with Gasteiger partial charge in [-0.2, -0.15) is 0 Å². The molecule has 1 aromatic rings. The van der Waals surface area contributed by atoms with Crippen molar-refractivity contribution in [1.82, 2.24) is 5.32 Å². The number of carbonyl (C=O) groups excluding carboxylic acids is 1. The maximum atomic E-state index is 12.0. The predicted molar refractivity (Wildman–Crippen MR) is 72.0 cm³/mol. The fourth-order valence-corrected chi connectivity index (χ4v) is 2.38. The molecule has 0 aromatic heterocycles. The fourth-order valence-electron chi connectivity index (χ4n) is 2.38. The lowest BCUT2D eigenvalue weighted by Gasteiger charge is -2.22. The van der Waals surface area contributed by atoms with E-state index >= 15 is 0 Å². The number of rotatable bonds is 4. The van der Waals surface area contributed by atoms with Crippen molar-refractivity contribution in [1.29, 1.82) is 0 Å². The van der Waals surface area contributed by atoms with Gasteiger partial charge in [0, 0.05) is 11.6 Å². The van der Waals surface area contributed by atoms with Crippen molar-refractivity contribution in [3.63, 3.8) is 0 Å². The summed E-state index contributed by atoms with van der Waals surface area (Å²) < 4.78 is 5.36. The maximum absolute atomic E-state index is 12.0. The van der Waals surface area contributed by atoms with Crippen LogP contribution < -0.4 is 10.1 Å². The molecule has 1 amide bonds. The third kappa shape index (κ3) is 3.49. The van der Waals surface area contributed by atoms with Gasteiger partial charge >= 0.3 is 0 Å². The average molecular weight is 247 g/mol. The van der Waals surface area contributed by atoms with E-state index in [1.165, 1.54) is 19.3 Å². The standard InChI is InChI=1S/C15H21NO2/c1-2-18-14-10-8-12(9-11-14)15(17)16-13-6-4-3-5-7-13/h8-11,13H,2-7H2,1H3,(H,16,17). The lowest BCUT2D eigenvalue weighted by molar-refractivity contribution is 0.0927. The lowest BCUT2D eigenvalue weighted by Crippen LogP contribution is -2.36. The Labute approximate surface area is 109 Å². The van der Waals surface area contributed by atoms with E-state index in [2.05, 4.69) is 5.32 Å². The molecule has 0 saturated heterocycles. The van der Waals surface area contributed by atoms with Crippen LogP contribution >= 0.6 is 0 Å². The van der Waals surface area contributed by atoms with E-state index in [9.17, 15) is 4.79 Å². The van der Waals surface area contributed by atoms with Crippen LogP contribution in [0.2, 0.25) is 0 Å². The van der Waals surface area contributed by atoms with Crippen molar-refractivity contribution < 1.29 is 9.53 Å². The zero-order chi connectivity index (χ0) is 12.8. The Bertz CT molecular complexity index is 380. The molecule has 0 unspecified atom stereocenters. The summed E-state index contributed by atoms with van der Waals surface area (Å²) in [6.07, 6.45) is 5.99. The zero-order valence-corrected chi connectivity index (χ0v) is 10.9. The molecular weight excluding hydrogens is 226 g/mol. The number of hydrogen-bond acceptors (Lipinski definition) is 2. The van der Waals surface area contributed by atoms with Gasteiger partial charge in [-0.3, -0.25) is 4.79 Å². The number of amides is 1. The van der Waals surface area contributed by atoms with Crippen LogP contribution in [0.1, 0.15) is 49.4 Å². The van der Waals surface area contributed by atoms with Gasteiger partial charge in [0.15, 0.2) is 0 Å². The molecule has 0 heterocycles. The number of carbonyl (C=O) groups is 1. The summed E-state index contributed by atoms with van der Waals surface area (Å²) in [7, 11) is 0. The first-order chi connectivity index (χ1) is 8.79. The molecule has 0 bridgehead atoms. The van der Waals surface area contributed by atoms with Gasteiger partial charge < -0.3 is 10.1 Å². The largest absolute Gasteiger partial charge is 0.494 e. The fraction of sp³-hybridized carbons (Fsp3) is 0.533. The highest BCUT2D eigenvalue weighted by Crippen LogP contribution is 2.18. The highest BCUT2D eigenvalue weighted by Gasteiger charge is 2.16. The summed E-state index contributed by atoms with van der Waals surface area (Å²) in [6.45, 7) is 2.59. The minimum atomic E-state index is 0.0324. The summed E-state index contributed by atoms with van der Waals surface area (Å²) in [4.78, 5) is 12.0.